The largest absolute Gasteiger partial charge is 0.487 e. The molecular formula is C31H32ClN3O4. The summed E-state index contributed by atoms with van der Waals surface area (Å²) in [6.07, 6.45) is 5.56. The predicted octanol–water partition coefficient (Wildman–Crippen LogP) is 5.91. The molecule has 3 aliphatic rings. The normalized spacial score (nSPS) is 19.0. The van der Waals surface area contributed by atoms with Crippen molar-refractivity contribution in [2.45, 2.75) is 50.9 Å². The van der Waals surface area contributed by atoms with Crippen molar-refractivity contribution in [3.8, 4) is 5.75 Å². The molecule has 8 heteroatoms. The van der Waals surface area contributed by atoms with Crippen molar-refractivity contribution in [3.05, 3.63) is 93.8 Å². The van der Waals surface area contributed by atoms with Gasteiger partial charge in [-0.2, -0.15) is 0 Å². The number of nitrogens with one attached hydrogen (secondary N) is 1. The van der Waals surface area contributed by atoms with Gasteiger partial charge in [0, 0.05) is 47.3 Å². The van der Waals surface area contributed by atoms with Crippen LogP contribution in [0.3, 0.4) is 0 Å². The van der Waals surface area contributed by atoms with Gasteiger partial charge in [0.1, 0.15) is 18.0 Å². The summed E-state index contributed by atoms with van der Waals surface area (Å²) in [7, 11) is 0. The molecule has 3 aromatic rings. The summed E-state index contributed by atoms with van der Waals surface area (Å²) in [5.41, 5.74) is 4.65. The van der Waals surface area contributed by atoms with E-state index in [2.05, 4.69) is 16.4 Å². The molecular weight excluding hydrogens is 514 g/mol. The minimum Gasteiger partial charge on any atom is -0.487 e. The quantitative estimate of drug-likeness (QED) is 0.424. The molecule has 202 valence electrons. The van der Waals surface area contributed by atoms with E-state index in [1.807, 2.05) is 48.5 Å². The smallest absolute Gasteiger partial charge is 0.415 e. The fourth-order valence-corrected chi connectivity index (χ4v) is 5.96. The van der Waals surface area contributed by atoms with Crippen molar-refractivity contribution < 1.29 is 19.4 Å². The molecule has 1 spiro atoms. The molecule has 1 amide bonds. The van der Waals surface area contributed by atoms with Crippen molar-refractivity contribution in [2.24, 2.45) is 0 Å². The number of amides is 1. The van der Waals surface area contributed by atoms with Crippen molar-refractivity contribution >= 4 is 29.0 Å². The molecule has 7 nitrogen and oxygen atoms in total. The van der Waals surface area contributed by atoms with E-state index in [0.717, 1.165) is 58.0 Å². The second-order valence-corrected chi connectivity index (χ2v) is 11.3. The lowest BCUT2D eigenvalue weighted by atomic mass is 9.82. The van der Waals surface area contributed by atoms with E-state index in [0.29, 0.717) is 37.4 Å². The zero-order chi connectivity index (χ0) is 27.2. The maximum Gasteiger partial charge on any atom is 0.415 e. The molecule has 2 N–H and O–H groups in total. The van der Waals surface area contributed by atoms with Gasteiger partial charge in [0.05, 0.1) is 17.0 Å². The second kappa shape index (κ2) is 9.97. The summed E-state index contributed by atoms with van der Waals surface area (Å²) in [6, 6.07) is 15.4. The standard InChI is InChI=1S/C31H32ClN3O4/c1-30(2,37)20-7-10-28-24(17-20)22(23-5-3-13-34-26(23)19-38-28)6-4-16-35-27-9-8-21(32)18-25(27)31(39-29(35)36)11-14-33-15-12-31/h3,5-10,13,17-18,33,37H,4,11-12,14-16,19H2,1-2H3. The molecule has 1 saturated heterocycles. The Kier molecular flexibility index (Phi) is 6.61. The van der Waals surface area contributed by atoms with E-state index in [9.17, 15) is 9.90 Å². The number of carbonyl (C=O) groups excluding carboxylic acids is 1. The maximum absolute atomic E-state index is 13.4. The molecule has 1 aromatic heterocycles. The fraction of sp³-hybridized carbons (Fsp3) is 0.355. The van der Waals surface area contributed by atoms with Gasteiger partial charge >= 0.3 is 6.09 Å². The lowest BCUT2D eigenvalue weighted by molar-refractivity contribution is -0.0177. The average molecular weight is 546 g/mol. The monoisotopic (exact) mass is 545 g/mol. The molecule has 39 heavy (non-hydrogen) atoms. The van der Waals surface area contributed by atoms with Gasteiger partial charge in [0.2, 0.25) is 0 Å². The lowest BCUT2D eigenvalue weighted by Crippen LogP contribution is -2.50. The van der Waals surface area contributed by atoms with Crippen LogP contribution in [0.25, 0.3) is 5.57 Å². The van der Waals surface area contributed by atoms with Crippen LogP contribution in [0.15, 0.2) is 60.8 Å². The van der Waals surface area contributed by atoms with Gasteiger partial charge in [-0.05, 0) is 80.9 Å². The number of carbonyl (C=O) groups is 1. The number of anilines is 1. The van der Waals surface area contributed by atoms with Crippen LogP contribution in [-0.2, 0) is 22.5 Å². The Morgan fingerprint density at radius 1 is 1.15 bits per heavy atom. The molecule has 6 rings (SSSR count). The molecule has 2 aromatic carbocycles. The molecule has 0 aliphatic carbocycles. The first-order valence-electron chi connectivity index (χ1n) is 13.4. The summed E-state index contributed by atoms with van der Waals surface area (Å²) in [5.74, 6) is 0.734. The molecule has 0 bridgehead atoms. The van der Waals surface area contributed by atoms with E-state index in [1.54, 1.807) is 24.9 Å². The number of aromatic nitrogens is 1. The number of aliphatic hydroxyl groups is 1. The van der Waals surface area contributed by atoms with Gasteiger partial charge in [-0.1, -0.05) is 29.8 Å². The number of hydrogen-bond acceptors (Lipinski definition) is 6. The van der Waals surface area contributed by atoms with E-state index in [4.69, 9.17) is 21.1 Å². The van der Waals surface area contributed by atoms with E-state index < -0.39 is 11.2 Å². The van der Waals surface area contributed by atoms with Crippen LogP contribution in [0.4, 0.5) is 10.5 Å². The minimum atomic E-state index is -1.00. The number of fused-ring (bicyclic) bond motifs is 4. The highest BCUT2D eigenvalue weighted by molar-refractivity contribution is 6.30. The first-order valence-corrected chi connectivity index (χ1v) is 13.8. The number of benzene rings is 2. The van der Waals surface area contributed by atoms with Crippen LogP contribution in [0.1, 0.15) is 61.1 Å². The van der Waals surface area contributed by atoms with Gasteiger partial charge in [-0.15, -0.1) is 0 Å². The van der Waals surface area contributed by atoms with Crippen LogP contribution in [0.2, 0.25) is 5.02 Å². The predicted molar refractivity (Wildman–Crippen MR) is 151 cm³/mol. The molecule has 0 radical (unpaired) electrons. The first kappa shape index (κ1) is 25.9. The molecule has 0 unspecified atom stereocenters. The molecule has 0 atom stereocenters. The van der Waals surface area contributed by atoms with Gasteiger partial charge in [-0.3, -0.25) is 9.88 Å². The Balaban J connectivity index is 1.36. The van der Waals surface area contributed by atoms with Gasteiger partial charge in [0.15, 0.2) is 0 Å². The van der Waals surface area contributed by atoms with Crippen molar-refractivity contribution in [1.82, 2.24) is 10.3 Å². The Labute approximate surface area is 233 Å². The molecule has 4 heterocycles. The molecule has 1 fully saturated rings. The van der Waals surface area contributed by atoms with E-state index >= 15 is 0 Å². The second-order valence-electron chi connectivity index (χ2n) is 10.9. The number of rotatable bonds is 4. The van der Waals surface area contributed by atoms with Crippen molar-refractivity contribution in [3.63, 3.8) is 0 Å². The SMILES string of the molecule is CC(C)(O)c1ccc2c(c1)C(=CCCN1C(=O)OC3(CCNCC3)c3cc(Cl)ccc31)c1cccnc1CO2. The fourth-order valence-electron chi connectivity index (χ4n) is 5.79. The summed E-state index contributed by atoms with van der Waals surface area (Å²) < 4.78 is 12.3. The van der Waals surface area contributed by atoms with Gasteiger partial charge in [-0.25, -0.2) is 4.79 Å². The van der Waals surface area contributed by atoms with Crippen LogP contribution in [-0.4, -0.2) is 35.8 Å². The zero-order valence-corrected chi connectivity index (χ0v) is 22.9. The number of pyridine rings is 1. The molecule has 0 saturated carbocycles. The van der Waals surface area contributed by atoms with E-state index in [-0.39, 0.29) is 6.09 Å². The highest BCUT2D eigenvalue weighted by Crippen LogP contribution is 2.46. The van der Waals surface area contributed by atoms with E-state index in [1.165, 1.54) is 0 Å². The van der Waals surface area contributed by atoms with Crippen molar-refractivity contribution in [2.75, 3.05) is 24.5 Å². The van der Waals surface area contributed by atoms with Crippen LogP contribution in [0, 0.1) is 0 Å². The summed E-state index contributed by atoms with van der Waals surface area (Å²) >= 11 is 6.41. The van der Waals surface area contributed by atoms with Crippen LogP contribution >= 0.6 is 11.6 Å². The maximum atomic E-state index is 13.4. The Morgan fingerprint density at radius 3 is 2.77 bits per heavy atom. The van der Waals surface area contributed by atoms with Crippen molar-refractivity contribution in [1.29, 1.82) is 0 Å². The lowest BCUT2D eigenvalue weighted by Gasteiger charge is -2.44. The Hall–Kier alpha value is -3.39. The highest BCUT2D eigenvalue weighted by atomic mass is 35.5. The third kappa shape index (κ3) is 4.80. The zero-order valence-electron chi connectivity index (χ0n) is 22.2. The number of ether oxygens (including phenoxy) is 2. The summed E-state index contributed by atoms with van der Waals surface area (Å²) in [4.78, 5) is 19.6. The minimum absolute atomic E-state index is 0.332. The third-order valence-electron chi connectivity index (χ3n) is 7.88. The summed E-state index contributed by atoms with van der Waals surface area (Å²) in [6.45, 7) is 5.89. The van der Waals surface area contributed by atoms with Gasteiger partial charge in [0.25, 0.3) is 0 Å². The van der Waals surface area contributed by atoms with Crippen LogP contribution in [0.5, 0.6) is 5.75 Å². The number of hydrogen-bond donors (Lipinski definition) is 2. The average Bonchev–Trinajstić information content (AvgIpc) is 3.07. The first-order chi connectivity index (χ1) is 18.7. The number of piperidine rings is 1. The summed E-state index contributed by atoms with van der Waals surface area (Å²) in [5, 5.41) is 14.7. The molecule has 3 aliphatic heterocycles. The number of nitrogens with zero attached hydrogens (tertiary/aromatic N) is 2. The van der Waals surface area contributed by atoms with Gasteiger partial charge < -0.3 is 19.9 Å². The Bertz CT molecular complexity index is 1460. The third-order valence-corrected chi connectivity index (χ3v) is 8.11. The number of halogens is 1. The topological polar surface area (TPSA) is 83.9 Å². The Morgan fingerprint density at radius 2 is 1.97 bits per heavy atom. The van der Waals surface area contributed by atoms with Crippen LogP contribution < -0.4 is 15.0 Å². The highest BCUT2D eigenvalue weighted by Gasteiger charge is 2.45.